The summed E-state index contributed by atoms with van der Waals surface area (Å²) in [6.45, 7) is 2.06. The van der Waals surface area contributed by atoms with Crippen molar-refractivity contribution in [3.8, 4) is 5.75 Å². The van der Waals surface area contributed by atoms with Gasteiger partial charge in [0.2, 0.25) is 10.0 Å². The van der Waals surface area contributed by atoms with E-state index in [0.29, 0.717) is 17.9 Å². The number of aryl methyl sites for hydroxylation is 1. The Kier molecular flexibility index (Phi) is 5.86. The maximum atomic E-state index is 12.8. The summed E-state index contributed by atoms with van der Waals surface area (Å²) in [5.74, 6) is 0.641. The predicted octanol–water partition coefficient (Wildman–Crippen LogP) is 3.80. The van der Waals surface area contributed by atoms with Crippen molar-refractivity contribution in [1.29, 1.82) is 0 Å². The van der Waals surface area contributed by atoms with Crippen molar-refractivity contribution in [1.82, 2.24) is 9.62 Å². The molecular weight excluding hydrogens is 380 g/mol. The fourth-order valence-corrected chi connectivity index (χ4v) is 5.41. The van der Waals surface area contributed by atoms with Crippen molar-refractivity contribution < 1.29 is 13.2 Å². The summed E-state index contributed by atoms with van der Waals surface area (Å²) in [6, 6.07) is 13.1. The van der Waals surface area contributed by atoms with Gasteiger partial charge in [-0.05, 0) is 67.2 Å². The number of hydrogen-bond acceptors (Lipinski definition) is 5. The van der Waals surface area contributed by atoms with Gasteiger partial charge in [-0.15, -0.1) is 11.3 Å². The number of nitrogens with zero attached hydrogens (tertiary/aromatic N) is 1. The lowest BCUT2D eigenvalue weighted by Crippen LogP contribution is -2.34. The Morgan fingerprint density at radius 3 is 2.59 bits per heavy atom. The van der Waals surface area contributed by atoms with E-state index in [1.54, 1.807) is 43.6 Å². The molecule has 1 heterocycles. The second kappa shape index (κ2) is 7.98. The van der Waals surface area contributed by atoms with Crippen LogP contribution in [0.5, 0.6) is 5.75 Å². The van der Waals surface area contributed by atoms with Crippen molar-refractivity contribution in [3.63, 3.8) is 0 Å². The molecule has 3 aromatic rings. The lowest BCUT2D eigenvalue weighted by Gasteiger charge is -2.25. The number of benzene rings is 2. The molecule has 3 rings (SSSR count). The van der Waals surface area contributed by atoms with E-state index in [1.165, 1.54) is 10.1 Å². The molecule has 7 heteroatoms. The number of nitrogens with one attached hydrogen (secondary N) is 1. The molecule has 1 atom stereocenters. The van der Waals surface area contributed by atoms with Gasteiger partial charge in [0.15, 0.2) is 0 Å². The van der Waals surface area contributed by atoms with Crippen molar-refractivity contribution in [2.45, 2.75) is 17.9 Å². The predicted molar refractivity (Wildman–Crippen MR) is 111 cm³/mol. The molecule has 0 saturated heterocycles. The van der Waals surface area contributed by atoms with Gasteiger partial charge in [0.1, 0.15) is 5.75 Å². The zero-order chi connectivity index (χ0) is 19.6. The minimum absolute atomic E-state index is 0.0607. The molecule has 5 nitrogen and oxygen atoms in total. The van der Waals surface area contributed by atoms with E-state index < -0.39 is 10.0 Å². The van der Waals surface area contributed by atoms with Crippen LogP contribution in [0, 0.1) is 6.92 Å². The summed E-state index contributed by atoms with van der Waals surface area (Å²) in [7, 11) is 1.87. The average Bonchev–Trinajstić information content (AvgIpc) is 3.05. The second-order valence-corrected chi connectivity index (χ2v) is 9.30. The zero-order valence-electron chi connectivity index (χ0n) is 15.9. The van der Waals surface area contributed by atoms with E-state index in [1.807, 2.05) is 31.1 Å². The van der Waals surface area contributed by atoms with Crippen molar-refractivity contribution >= 4 is 31.4 Å². The molecule has 0 bridgehead atoms. The van der Waals surface area contributed by atoms with E-state index in [2.05, 4.69) is 22.2 Å². The first-order valence-electron chi connectivity index (χ1n) is 8.60. The van der Waals surface area contributed by atoms with Crippen LogP contribution in [-0.2, 0) is 10.0 Å². The molecule has 1 aromatic heterocycles. The highest BCUT2D eigenvalue weighted by Crippen LogP contribution is 2.32. The van der Waals surface area contributed by atoms with Crippen LogP contribution in [0.15, 0.2) is 52.7 Å². The summed E-state index contributed by atoms with van der Waals surface area (Å²) >= 11 is 1.68. The topological polar surface area (TPSA) is 58.6 Å². The summed E-state index contributed by atoms with van der Waals surface area (Å²) in [5, 5.41) is 3.28. The molecule has 0 spiro atoms. The van der Waals surface area contributed by atoms with Gasteiger partial charge < -0.3 is 9.64 Å². The monoisotopic (exact) mass is 404 g/mol. The van der Waals surface area contributed by atoms with Gasteiger partial charge in [-0.25, -0.2) is 13.1 Å². The standard InChI is InChI=1S/C20H24N2O3S2/c1-14-11-15(25-4)9-10-20(14)27(23,24)21-12-18(22(2)3)17-13-26-19-8-6-5-7-16(17)19/h5-11,13,18,21H,12H2,1-4H3/t18-/m0/s1. The van der Waals surface area contributed by atoms with Gasteiger partial charge >= 0.3 is 0 Å². The van der Waals surface area contributed by atoms with Crippen LogP contribution in [0.3, 0.4) is 0 Å². The molecule has 0 radical (unpaired) electrons. The number of thiophene rings is 1. The van der Waals surface area contributed by atoms with Crippen LogP contribution in [-0.4, -0.2) is 41.1 Å². The van der Waals surface area contributed by atoms with Crippen LogP contribution in [0.2, 0.25) is 0 Å². The van der Waals surface area contributed by atoms with Crippen molar-refractivity contribution in [2.24, 2.45) is 0 Å². The molecule has 0 saturated carbocycles. The minimum atomic E-state index is -3.62. The first-order chi connectivity index (χ1) is 12.8. The third kappa shape index (κ3) is 4.16. The third-order valence-corrected chi connectivity index (χ3v) is 7.20. The zero-order valence-corrected chi connectivity index (χ0v) is 17.5. The smallest absolute Gasteiger partial charge is 0.240 e. The maximum Gasteiger partial charge on any atom is 0.240 e. The number of sulfonamides is 1. The lowest BCUT2D eigenvalue weighted by molar-refractivity contribution is 0.301. The number of methoxy groups -OCH3 is 1. The Balaban J connectivity index is 1.86. The van der Waals surface area contributed by atoms with E-state index in [4.69, 9.17) is 4.74 Å². The van der Waals surface area contributed by atoms with Gasteiger partial charge in [-0.3, -0.25) is 0 Å². The van der Waals surface area contributed by atoms with Gasteiger partial charge in [-0.1, -0.05) is 18.2 Å². The number of hydrogen-bond donors (Lipinski definition) is 1. The van der Waals surface area contributed by atoms with Crippen LogP contribution >= 0.6 is 11.3 Å². The number of rotatable bonds is 7. The van der Waals surface area contributed by atoms with Gasteiger partial charge in [0.05, 0.1) is 12.0 Å². The van der Waals surface area contributed by atoms with Crippen molar-refractivity contribution in [3.05, 3.63) is 59.0 Å². The number of fused-ring (bicyclic) bond motifs is 1. The molecule has 0 aliphatic carbocycles. The fourth-order valence-electron chi connectivity index (χ4n) is 3.14. The normalized spacial score (nSPS) is 13.2. The number of ether oxygens (including phenoxy) is 1. The van der Waals surface area contributed by atoms with Crippen LogP contribution in [0.4, 0.5) is 0 Å². The molecule has 144 valence electrons. The average molecular weight is 405 g/mol. The molecule has 0 aliphatic rings. The molecule has 0 amide bonds. The highest BCUT2D eigenvalue weighted by atomic mass is 32.2. The van der Waals surface area contributed by atoms with Crippen molar-refractivity contribution in [2.75, 3.05) is 27.7 Å². The molecule has 2 aromatic carbocycles. The Hall–Kier alpha value is -1.93. The largest absolute Gasteiger partial charge is 0.497 e. The minimum Gasteiger partial charge on any atom is -0.497 e. The number of likely N-dealkylation sites (N-methyl/N-ethyl adjacent to an activating group) is 1. The Morgan fingerprint density at radius 2 is 1.93 bits per heavy atom. The fraction of sp³-hybridized carbons (Fsp3) is 0.300. The van der Waals surface area contributed by atoms with E-state index in [9.17, 15) is 8.42 Å². The highest BCUT2D eigenvalue weighted by Gasteiger charge is 2.23. The van der Waals surface area contributed by atoms with E-state index in [0.717, 1.165) is 5.56 Å². The summed E-state index contributed by atoms with van der Waals surface area (Å²) in [5.41, 5.74) is 1.79. The molecule has 27 heavy (non-hydrogen) atoms. The highest BCUT2D eigenvalue weighted by molar-refractivity contribution is 7.89. The first kappa shape index (κ1) is 19.8. The molecule has 1 N–H and O–H groups in total. The first-order valence-corrected chi connectivity index (χ1v) is 11.0. The Labute approximate surface area is 164 Å². The van der Waals surface area contributed by atoms with Crippen LogP contribution < -0.4 is 9.46 Å². The summed E-state index contributed by atoms with van der Waals surface area (Å²) < 4.78 is 34.8. The quantitative estimate of drug-likeness (QED) is 0.651. The maximum absolute atomic E-state index is 12.8. The van der Waals surface area contributed by atoms with Gasteiger partial charge in [-0.2, -0.15) is 0 Å². The molecule has 0 aliphatic heterocycles. The van der Waals surface area contributed by atoms with Crippen LogP contribution in [0.1, 0.15) is 17.2 Å². The second-order valence-electron chi connectivity index (χ2n) is 6.65. The Bertz CT molecular complexity index is 1040. The Morgan fingerprint density at radius 1 is 1.19 bits per heavy atom. The molecule has 0 fully saturated rings. The summed E-state index contributed by atoms with van der Waals surface area (Å²) in [6.07, 6.45) is 0. The van der Waals surface area contributed by atoms with E-state index in [-0.39, 0.29) is 10.9 Å². The van der Waals surface area contributed by atoms with Gasteiger partial charge in [0.25, 0.3) is 0 Å². The van der Waals surface area contributed by atoms with E-state index >= 15 is 0 Å². The third-order valence-electron chi connectivity index (χ3n) is 4.63. The lowest BCUT2D eigenvalue weighted by atomic mass is 10.1. The molecular formula is C20H24N2O3S2. The molecule has 0 unspecified atom stereocenters. The van der Waals surface area contributed by atoms with Crippen LogP contribution in [0.25, 0.3) is 10.1 Å². The van der Waals surface area contributed by atoms with Gasteiger partial charge in [0, 0.05) is 17.3 Å². The summed E-state index contributed by atoms with van der Waals surface area (Å²) in [4.78, 5) is 2.31. The SMILES string of the molecule is COc1ccc(S(=O)(=O)NC[C@@H](c2csc3ccccc23)N(C)C)c(C)c1.